The van der Waals surface area contributed by atoms with Crippen LogP contribution in [0.1, 0.15) is 25.0 Å². The quantitative estimate of drug-likeness (QED) is 0.174. The number of rotatable bonds is 5. The van der Waals surface area contributed by atoms with Crippen LogP contribution in [0.4, 0.5) is 0 Å². The zero-order valence-electron chi connectivity index (χ0n) is 34.0. The van der Waals surface area contributed by atoms with E-state index in [1.807, 2.05) is 6.07 Å². The minimum atomic E-state index is -0.0707. The number of aromatic nitrogens is 2. The molecule has 0 aliphatic heterocycles. The van der Waals surface area contributed by atoms with Crippen LogP contribution in [0.15, 0.2) is 206 Å². The molecule has 0 amide bonds. The van der Waals surface area contributed by atoms with Crippen LogP contribution in [0, 0.1) is 0 Å². The largest absolute Gasteiger partial charge is 0.228 e. The van der Waals surface area contributed by atoms with E-state index in [1.165, 1.54) is 82.2 Å². The first kappa shape index (κ1) is 35.3. The molecule has 0 saturated heterocycles. The van der Waals surface area contributed by atoms with Crippen molar-refractivity contribution in [3.05, 3.63) is 217 Å². The van der Waals surface area contributed by atoms with E-state index in [2.05, 4.69) is 214 Å². The Morgan fingerprint density at radius 2 is 0.803 bits per heavy atom. The molecule has 0 unspecified atom stereocenters. The lowest BCUT2D eigenvalue weighted by Gasteiger charge is -2.22. The summed E-state index contributed by atoms with van der Waals surface area (Å²) in [5, 5.41) is 9.78. The first-order valence-electron chi connectivity index (χ1n) is 21.2. The van der Waals surface area contributed by atoms with Crippen molar-refractivity contribution in [3.8, 4) is 67.3 Å². The third kappa shape index (κ3) is 5.56. The van der Waals surface area contributed by atoms with Crippen molar-refractivity contribution in [2.75, 3.05) is 0 Å². The third-order valence-corrected chi connectivity index (χ3v) is 13.1. The van der Waals surface area contributed by atoms with Crippen molar-refractivity contribution in [1.29, 1.82) is 0 Å². The van der Waals surface area contributed by atoms with Gasteiger partial charge in [0.15, 0.2) is 5.82 Å². The lowest BCUT2D eigenvalue weighted by molar-refractivity contribution is 0.661. The average Bonchev–Trinajstić information content (AvgIpc) is 3.56. The molecule has 0 N–H and O–H groups in total. The fourth-order valence-corrected chi connectivity index (χ4v) is 10.1. The van der Waals surface area contributed by atoms with Crippen molar-refractivity contribution in [2.45, 2.75) is 19.3 Å². The number of benzene rings is 10. The van der Waals surface area contributed by atoms with Crippen LogP contribution in [0.5, 0.6) is 0 Å². The van der Waals surface area contributed by atoms with Crippen molar-refractivity contribution < 1.29 is 0 Å². The van der Waals surface area contributed by atoms with E-state index in [0.29, 0.717) is 5.82 Å². The predicted octanol–water partition coefficient (Wildman–Crippen LogP) is 15.7. The molecule has 12 rings (SSSR count). The van der Waals surface area contributed by atoms with Gasteiger partial charge in [-0.1, -0.05) is 208 Å². The summed E-state index contributed by atoms with van der Waals surface area (Å²) in [6, 6.07) is 74.9. The molecule has 2 nitrogen and oxygen atoms in total. The third-order valence-electron chi connectivity index (χ3n) is 13.1. The van der Waals surface area contributed by atoms with Gasteiger partial charge in [0.25, 0.3) is 0 Å². The van der Waals surface area contributed by atoms with Crippen LogP contribution in [0.2, 0.25) is 0 Å². The highest BCUT2D eigenvalue weighted by Crippen LogP contribution is 2.52. The molecule has 0 fully saturated rings. The number of fused-ring (bicyclic) bond motifs is 8. The summed E-state index contributed by atoms with van der Waals surface area (Å²) in [6.07, 6.45) is 0. The topological polar surface area (TPSA) is 25.8 Å². The predicted molar refractivity (Wildman–Crippen MR) is 257 cm³/mol. The molecule has 1 aliphatic carbocycles. The highest BCUT2D eigenvalue weighted by atomic mass is 14.9. The lowest BCUT2D eigenvalue weighted by atomic mass is 9.81. The number of nitrogens with zero attached hydrogens (tertiary/aromatic N) is 2. The zero-order chi connectivity index (χ0) is 40.7. The standard InChI is InChI=1S/C59H40N2/c1-59(2)53-33-28-40(35-52(53)57-43-21-9-7-16-38(43)27-34-54(57)59)42-29-30-48(45-23-11-10-22-44(42)45)49-31-32-51(47-25-13-12-24-46(47)49)56-36-55(60-58(61-56)39-17-4-3-5-18-39)50-26-14-19-37-15-6-8-20-41(37)50/h3-36H,1-2H3. The molecule has 0 bridgehead atoms. The minimum Gasteiger partial charge on any atom is -0.228 e. The molecule has 11 aromatic rings. The average molecular weight is 777 g/mol. The van der Waals surface area contributed by atoms with Crippen molar-refractivity contribution in [3.63, 3.8) is 0 Å². The van der Waals surface area contributed by atoms with Crippen LogP contribution in [0.3, 0.4) is 0 Å². The lowest BCUT2D eigenvalue weighted by Crippen LogP contribution is -2.14. The summed E-state index contributed by atoms with van der Waals surface area (Å²) in [4.78, 5) is 10.5. The fourth-order valence-electron chi connectivity index (χ4n) is 10.1. The van der Waals surface area contributed by atoms with E-state index in [1.54, 1.807) is 0 Å². The molecule has 1 heterocycles. The molecule has 1 aliphatic rings. The monoisotopic (exact) mass is 776 g/mol. The molecule has 0 spiro atoms. The summed E-state index contributed by atoms with van der Waals surface area (Å²) >= 11 is 0. The van der Waals surface area contributed by atoms with Gasteiger partial charge in [0.2, 0.25) is 0 Å². The van der Waals surface area contributed by atoms with Gasteiger partial charge < -0.3 is 0 Å². The normalized spacial score (nSPS) is 12.9. The maximum absolute atomic E-state index is 5.28. The molecule has 1 aromatic heterocycles. The SMILES string of the molecule is CC1(C)c2ccc(-c3ccc(-c4ccc(-c5cc(-c6cccc7ccccc67)nc(-c6ccccc6)n5)c5ccccc45)c4ccccc34)cc2-c2c1ccc1ccccc21. The highest BCUT2D eigenvalue weighted by Gasteiger charge is 2.36. The molecule has 0 atom stereocenters. The summed E-state index contributed by atoms with van der Waals surface area (Å²) in [5.74, 6) is 0.711. The molecule has 0 saturated carbocycles. The van der Waals surface area contributed by atoms with Gasteiger partial charge in [-0.2, -0.15) is 0 Å². The fraction of sp³-hybridized carbons (Fsp3) is 0.0508. The molecule has 0 radical (unpaired) electrons. The second kappa shape index (κ2) is 13.7. The Balaban J connectivity index is 1.02. The van der Waals surface area contributed by atoms with Gasteiger partial charge in [-0.3, -0.25) is 0 Å². The van der Waals surface area contributed by atoms with E-state index in [-0.39, 0.29) is 5.41 Å². The van der Waals surface area contributed by atoms with Gasteiger partial charge in [0, 0.05) is 22.1 Å². The van der Waals surface area contributed by atoms with E-state index in [4.69, 9.17) is 9.97 Å². The summed E-state index contributed by atoms with van der Waals surface area (Å²) in [6.45, 7) is 4.73. The van der Waals surface area contributed by atoms with E-state index in [9.17, 15) is 0 Å². The van der Waals surface area contributed by atoms with Gasteiger partial charge in [0.05, 0.1) is 11.4 Å². The Morgan fingerprint density at radius 1 is 0.311 bits per heavy atom. The van der Waals surface area contributed by atoms with E-state index >= 15 is 0 Å². The van der Waals surface area contributed by atoms with Crippen LogP contribution >= 0.6 is 0 Å². The first-order chi connectivity index (χ1) is 30.0. The number of hydrogen-bond donors (Lipinski definition) is 0. The van der Waals surface area contributed by atoms with Crippen molar-refractivity contribution in [1.82, 2.24) is 9.97 Å². The maximum Gasteiger partial charge on any atom is 0.160 e. The summed E-state index contributed by atoms with van der Waals surface area (Å²) < 4.78 is 0. The van der Waals surface area contributed by atoms with Crippen LogP contribution in [-0.2, 0) is 5.41 Å². The Kier molecular flexibility index (Phi) is 7.92. The van der Waals surface area contributed by atoms with Gasteiger partial charge in [-0.05, 0) is 99.7 Å². The molecule has 61 heavy (non-hydrogen) atoms. The van der Waals surface area contributed by atoms with Crippen molar-refractivity contribution in [2.24, 2.45) is 0 Å². The van der Waals surface area contributed by atoms with Gasteiger partial charge in [0.1, 0.15) is 0 Å². The summed E-state index contributed by atoms with van der Waals surface area (Å²) in [5.41, 5.74) is 15.3. The van der Waals surface area contributed by atoms with Crippen LogP contribution in [-0.4, -0.2) is 9.97 Å². The smallest absolute Gasteiger partial charge is 0.160 e. The molecular formula is C59H40N2. The highest BCUT2D eigenvalue weighted by molar-refractivity contribution is 6.13. The second-order valence-corrected chi connectivity index (χ2v) is 16.9. The van der Waals surface area contributed by atoms with Crippen LogP contribution in [0.25, 0.3) is 110 Å². The molecule has 286 valence electrons. The van der Waals surface area contributed by atoms with E-state index in [0.717, 1.165) is 33.5 Å². The second-order valence-electron chi connectivity index (χ2n) is 16.9. The van der Waals surface area contributed by atoms with Crippen molar-refractivity contribution >= 4 is 43.1 Å². The Morgan fingerprint density at radius 3 is 1.49 bits per heavy atom. The van der Waals surface area contributed by atoms with Gasteiger partial charge in [-0.25, -0.2) is 9.97 Å². The van der Waals surface area contributed by atoms with Crippen LogP contribution < -0.4 is 0 Å². The van der Waals surface area contributed by atoms with Gasteiger partial charge >= 0.3 is 0 Å². The first-order valence-corrected chi connectivity index (χ1v) is 21.2. The van der Waals surface area contributed by atoms with E-state index < -0.39 is 0 Å². The molecular weight excluding hydrogens is 737 g/mol. The van der Waals surface area contributed by atoms with Gasteiger partial charge in [-0.15, -0.1) is 0 Å². The Labute approximate surface area is 355 Å². The molecule has 2 heteroatoms. The Bertz CT molecular complexity index is 3560. The molecule has 10 aromatic carbocycles. The summed E-state index contributed by atoms with van der Waals surface area (Å²) in [7, 11) is 0. The minimum absolute atomic E-state index is 0.0707. The maximum atomic E-state index is 5.28. The Hall–Kier alpha value is -7.68. The zero-order valence-corrected chi connectivity index (χ0v) is 34.0. The number of hydrogen-bond acceptors (Lipinski definition) is 2.